The Morgan fingerprint density at radius 2 is 1.17 bits per heavy atom. The van der Waals surface area contributed by atoms with E-state index in [1.54, 1.807) is 63.2 Å². The molecule has 1 aliphatic rings. The number of sulfone groups is 2. The number of ether oxygens (including phenoxy) is 1. The van der Waals surface area contributed by atoms with E-state index in [1.165, 1.54) is 48.5 Å². The summed E-state index contributed by atoms with van der Waals surface area (Å²) in [5.41, 5.74) is -2.21. The van der Waals surface area contributed by atoms with Crippen molar-refractivity contribution in [2.24, 2.45) is 10.4 Å². The predicted octanol–water partition coefficient (Wildman–Crippen LogP) is 4.44. The van der Waals surface area contributed by atoms with E-state index in [9.17, 15) is 21.6 Å². The molecule has 0 saturated heterocycles. The number of rotatable bonds is 7. The summed E-state index contributed by atoms with van der Waals surface area (Å²) in [7, 11) is -8.93. The van der Waals surface area contributed by atoms with Crippen LogP contribution in [-0.2, 0) is 29.2 Å². The van der Waals surface area contributed by atoms with Crippen LogP contribution < -0.4 is 0 Å². The fourth-order valence-electron chi connectivity index (χ4n) is 4.18. The van der Waals surface area contributed by atoms with Gasteiger partial charge in [0.25, 0.3) is 0 Å². The number of nitrogens with zero attached hydrogens (tertiary/aromatic N) is 1. The molecule has 7 nitrogen and oxygen atoms in total. The first-order chi connectivity index (χ1) is 16.9. The molecule has 3 aromatic rings. The van der Waals surface area contributed by atoms with Gasteiger partial charge in [-0.15, -0.1) is 0 Å². The van der Waals surface area contributed by atoms with Crippen LogP contribution in [0.2, 0.25) is 0 Å². The van der Waals surface area contributed by atoms with Crippen LogP contribution in [0.15, 0.2) is 106 Å². The summed E-state index contributed by atoms with van der Waals surface area (Å²) in [6, 6.07) is 23.5. The third-order valence-electron chi connectivity index (χ3n) is 6.38. The Balaban J connectivity index is 1.93. The second kappa shape index (κ2) is 9.29. The molecule has 0 spiro atoms. The van der Waals surface area contributed by atoms with Crippen molar-refractivity contribution in [1.29, 1.82) is 0 Å². The number of benzene rings is 3. The molecule has 3 aromatic carbocycles. The highest BCUT2D eigenvalue weighted by Gasteiger charge is 2.59. The van der Waals surface area contributed by atoms with Gasteiger partial charge in [0.1, 0.15) is 0 Å². The second-order valence-electron chi connectivity index (χ2n) is 9.63. The minimum absolute atomic E-state index is 0.0310. The van der Waals surface area contributed by atoms with Crippen molar-refractivity contribution in [2.75, 3.05) is 0 Å². The number of carbonyl (C=O) groups is 1. The van der Waals surface area contributed by atoms with E-state index in [0.29, 0.717) is 5.56 Å². The summed E-state index contributed by atoms with van der Waals surface area (Å²) < 4.78 is 59.1. The number of cyclic esters (lactones) is 1. The first-order valence-electron chi connectivity index (χ1n) is 11.3. The number of carbonyl (C=O) groups excluding carboxylic acids is 1. The van der Waals surface area contributed by atoms with Gasteiger partial charge in [-0.2, -0.15) is 0 Å². The van der Waals surface area contributed by atoms with Crippen LogP contribution in [0, 0.1) is 5.41 Å². The molecule has 0 radical (unpaired) electrons. The molecule has 0 aliphatic carbocycles. The Morgan fingerprint density at radius 1 is 0.750 bits per heavy atom. The molecule has 188 valence electrons. The molecular weight excluding hydrogens is 498 g/mol. The maximum absolute atomic E-state index is 13.9. The third-order valence-corrected chi connectivity index (χ3v) is 11.5. The van der Waals surface area contributed by atoms with Gasteiger partial charge in [0.15, 0.2) is 29.8 Å². The van der Waals surface area contributed by atoms with Crippen LogP contribution in [0.5, 0.6) is 0 Å². The molecule has 0 fully saturated rings. The average Bonchev–Trinajstić information content (AvgIpc) is 3.21. The number of aliphatic imine (C=N–C) groups is 1. The number of hydrogen-bond donors (Lipinski definition) is 0. The first kappa shape index (κ1) is 25.8. The number of hydrogen-bond acceptors (Lipinski definition) is 7. The van der Waals surface area contributed by atoms with Gasteiger partial charge in [-0.25, -0.2) is 26.6 Å². The third kappa shape index (κ3) is 4.49. The molecule has 1 heterocycles. The molecular formula is C27H27NO6S2. The van der Waals surface area contributed by atoms with Gasteiger partial charge in [-0.1, -0.05) is 75.4 Å². The molecule has 4 rings (SSSR count). The molecule has 0 bridgehead atoms. The van der Waals surface area contributed by atoms with Crippen molar-refractivity contribution in [3.05, 3.63) is 96.6 Å². The maximum atomic E-state index is 13.9. The summed E-state index contributed by atoms with van der Waals surface area (Å²) in [6.07, 6.45) is -0.611. The predicted molar refractivity (Wildman–Crippen MR) is 137 cm³/mol. The van der Waals surface area contributed by atoms with Crippen LogP contribution in [0.3, 0.4) is 0 Å². The van der Waals surface area contributed by atoms with E-state index < -0.39 is 47.6 Å². The molecule has 1 aliphatic heterocycles. The largest absolute Gasteiger partial charge is 0.405 e. The molecule has 36 heavy (non-hydrogen) atoms. The standard InChI is InChI=1S/C27H27NO6S2/c1-26(2,3)27(25(29)34-24(28-27)20-13-7-4-8-14-20)19-23(35(30,31)21-15-9-5-10-16-21)36(32,33)22-17-11-6-12-18-22/h4-18,23H,19H2,1-3H3/t27-/m0/s1. The summed E-state index contributed by atoms with van der Waals surface area (Å²) >= 11 is 0. The van der Waals surface area contributed by atoms with E-state index in [2.05, 4.69) is 4.99 Å². The molecule has 0 N–H and O–H groups in total. The Kier molecular flexibility index (Phi) is 6.66. The average molecular weight is 526 g/mol. The van der Waals surface area contributed by atoms with Crippen molar-refractivity contribution in [3.63, 3.8) is 0 Å². The highest BCUT2D eigenvalue weighted by atomic mass is 32.3. The van der Waals surface area contributed by atoms with Crippen LogP contribution in [0.25, 0.3) is 0 Å². The first-order valence-corrected chi connectivity index (χ1v) is 14.4. The topological polar surface area (TPSA) is 107 Å². The molecule has 0 saturated carbocycles. The summed E-state index contributed by atoms with van der Waals surface area (Å²) in [6.45, 7) is 5.15. The lowest BCUT2D eigenvalue weighted by Crippen LogP contribution is -2.51. The Morgan fingerprint density at radius 3 is 1.58 bits per heavy atom. The fraction of sp³-hybridized carbons (Fsp3) is 0.259. The van der Waals surface area contributed by atoms with E-state index in [-0.39, 0.29) is 15.7 Å². The van der Waals surface area contributed by atoms with Gasteiger partial charge in [-0.05, 0) is 41.8 Å². The minimum atomic E-state index is -4.46. The van der Waals surface area contributed by atoms with Crippen LogP contribution in [0.4, 0.5) is 0 Å². The van der Waals surface area contributed by atoms with Gasteiger partial charge in [0, 0.05) is 12.0 Å². The second-order valence-corrected chi connectivity index (χ2v) is 14.2. The zero-order valence-corrected chi connectivity index (χ0v) is 21.8. The Bertz CT molecular complexity index is 1430. The van der Waals surface area contributed by atoms with E-state index in [1.807, 2.05) is 0 Å². The van der Waals surface area contributed by atoms with Gasteiger partial charge < -0.3 is 4.74 Å². The van der Waals surface area contributed by atoms with Gasteiger partial charge in [0.2, 0.25) is 5.90 Å². The van der Waals surface area contributed by atoms with Crippen molar-refractivity contribution in [2.45, 2.75) is 47.1 Å². The quantitative estimate of drug-likeness (QED) is 0.422. The van der Waals surface area contributed by atoms with Crippen molar-refractivity contribution in [3.8, 4) is 0 Å². The van der Waals surface area contributed by atoms with Gasteiger partial charge in [0.05, 0.1) is 9.79 Å². The molecule has 0 aromatic heterocycles. The van der Waals surface area contributed by atoms with Gasteiger partial charge in [-0.3, -0.25) is 0 Å². The maximum Gasteiger partial charge on any atom is 0.341 e. The summed E-state index contributed by atoms with van der Waals surface area (Å²) in [4.78, 5) is 17.8. The van der Waals surface area contributed by atoms with E-state index >= 15 is 0 Å². The zero-order valence-electron chi connectivity index (χ0n) is 20.2. The lowest BCUT2D eigenvalue weighted by atomic mass is 9.72. The van der Waals surface area contributed by atoms with Crippen molar-refractivity contribution in [1.82, 2.24) is 0 Å². The van der Waals surface area contributed by atoms with Crippen LogP contribution in [-0.4, -0.2) is 38.8 Å². The van der Waals surface area contributed by atoms with Crippen LogP contribution in [0.1, 0.15) is 32.8 Å². The zero-order chi connectivity index (χ0) is 26.2. The lowest BCUT2D eigenvalue weighted by Gasteiger charge is -2.37. The smallest absolute Gasteiger partial charge is 0.341 e. The number of esters is 1. The van der Waals surface area contributed by atoms with E-state index in [4.69, 9.17) is 4.74 Å². The highest BCUT2D eigenvalue weighted by molar-refractivity contribution is 8.09. The fourth-order valence-corrected chi connectivity index (χ4v) is 8.78. The summed E-state index contributed by atoms with van der Waals surface area (Å²) in [5, 5.41) is 0. The monoisotopic (exact) mass is 525 g/mol. The minimum Gasteiger partial charge on any atom is -0.405 e. The Labute approximate surface area is 211 Å². The van der Waals surface area contributed by atoms with Crippen LogP contribution >= 0.6 is 0 Å². The molecule has 0 unspecified atom stereocenters. The van der Waals surface area contributed by atoms with E-state index in [0.717, 1.165) is 0 Å². The highest BCUT2D eigenvalue weighted by Crippen LogP contribution is 2.46. The lowest BCUT2D eigenvalue weighted by molar-refractivity contribution is -0.143. The van der Waals surface area contributed by atoms with Crippen molar-refractivity contribution < 1.29 is 26.4 Å². The molecule has 0 amide bonds. The molecule has 1 atom stereocenters. The molecule has 9 heteroatoms. The van der Waals surface area contributed by atoms with Crippen molar-refractivity contribution >= 4 is 31.5 Å². The van der Waals surface area contributed by atoms with Gasteiger partial charge >= 0.3 is 5.97 Å². The summed E-state index contributed by atoms with van der Waals surface area (Å²) in [5.74, 6) is -0.756. The SMILES string of the molecule is CC(C)(C)[C@@]1(CC(S(=O)(=O)c2ccccc2)S(=O)(=O)c2ccccc2)N=C(c2ccccc2)OC1=O. The Hall–Kier alpha value is -3.30. The normalized spacial score (nSPS) is 18.7.